The maximum atomic E-state index is 12.1. The highest BCUT2D eigenvalue weighted by atomic mass is 79.9. The van der Waals surface area contributed by atoms with Crippen LogP contribution < -0.4 is 10.1 Å². The lowest BCUT2D eigenvalue weighted by Crippen LogP contribution is -2.28. The predicted molar refractivity (Wildman–Crippen MR) is 102 cm³/mol. The largest absolute Gasteiger partial charge is 0.468 e. The molecule has 0 aliphatic rings. The zero-order valence-electron chi connectivity index (χ0n) is 13.4. The molecule has 0 aliphatic heterocycles. The van der Waals surface area contributed by atoms with E-state index in [1.807, 2.05) is 6.20 Å². The van der Waals surface area contributed by atoms with E-state index in [0.29, 0.717) is 34.6 Å². The van der Waals surface area contributed by atoms with Crippen molar-refractivity contribution in [1.29, 1.82) is 0 Å². The van der Waals surface area contributed by atoms with E-state index >= 15 is 0 Å². The Bertz CT molecular complexity index is 891. The van der Waals surface area contributed by atoms with E-state index in [-0.39, 0.29) is 12.6 Å². The molecule has 0 aliphatic carbocycles. The minimum Gasteiger partial charge on any atom is -0.468 e. The van der Waals surface area contributed by atoms with E-state index < -0.39 is 0 Å². The van der Waals surface area contributed by atoms with Gasteiger partial charge in [-0.3, -0.25) is 9.48 Å². The van der Waals surface area contributed by atoms with Crippen molar-refractivity contribution in [2.45, 2.75) is 13.3 Å². The van der Waals surface area contributed by atoms with E-state index in [1.165, 1.54) is 4.68 Å². The molecule has 7 nitrogen and oxygen atoms in total. The van der Waals surface area contributed by atoms with Crippen LogP contribution in [-0.4, -0.2) is 32.0 Å². The first-order chi connectivity index (χ1) is 12.5. The molecular weight excluding hydrogens is 445 g/mol. The molecule has 136 valence electrons. The number of hydrogen-bond acceptors (Lipinski definition) is 4. The van der Waals surface area contributed by atoms with Gasteiger partial charge in [0.25, 0.3) is 5.91 Å². The van der Waals surface area contributed by atoms with Gasteiger partial charge in [0.2, 0.25) is 0 Å². The Balaban J connectivity index is 1.51. The molecule has 0 radical (unpaired) electrons. The molecule has 0 atom stereocenters. The van der Waals surface area contributed by atoms with Gasteiger partial charge >= 0.3 is 0 Å². The molecule has 0 saturated heterocycles. The standard InChI is InChI=1S/C16H14BrCl2N5O2/c17-11-8-21-23(9-11)7-5-20-16(25)14-4-6-24(22-14)10-26-15-12(18)2-1-3-13(15)19/h1-4,6,8-9H,5,7,10H2,(H,20,25). The maximum absolute atomic E-state index is 12.1. The third-order valence-corrected chi connectivity index (χ3v) is 4.37. The lowest BCUT2D eigenvalue weighted by Gasteiger charge is -2.09. The smallest absolute Gasteiger partial charge is 0.271 e. The van der Waals surface area contributed by atoms with E-state index in [9.17, 15) is 4.79 Å². The number of aromatic nitrogens is 4. The van der Waals surface area contributed by atoms with Crippen LogP contribution in [0.1, 0.15) is 10.5 Å². The van der Waals surface area contributed by atoms with Gasteiger partial charge in [-0.05, 0) is 34.1 Å². The topological polar surface area (TPSA) is 74.0 Å². The number of benzene rings is 1. The van der Waals surface area contributed by atoms with Gasteiger partial charge in [-0.25, -0.2) is 4.68 Å². The van der Waals surface area contributed by atoms with Crippen molar-refractivity contribution in [3.8, 4) is 5.75 Å². The Morgan fingerprint density at radius 1 is 1.23 bits per heavy atom. The van der Waals surface area contributed by atoms with Crippen molar-refractivity contribution in [3.63, 3.8) is 0 Å². The normalized spacial score (nSPS) is 10.7. The van der Waals surface area contributed by atoms with Crippen LogP contribution in [-0.2, 0) is 13.3 Å². The molecule has 2 heterocycles. The summed E-state index contributed by atoms with van der Waals surface area (Å²) in [6.45, 7) is 1.08. The van der Waals surface area contributed by atoms with Crippen LogP contribution in [0, 0.1) is 0 Å². The second-order valence-corrected chi connectivity index (χ2v) is 6.97. The van der Waals surface area contributed by atoms with Gasteiger partial charge in [-0.2, -0.15) is 10.2 Å². The van der Waals surface area contributed by atoms with Crippen molar-refractivity contribution in [2.75, 3.05) is 6.54 Å². The molecule has 3 aromatic rings. The number of halogens is 3. The summed E-state index contributed by atoms with van der Waals surface area (Å²) in [5, 5.41) is 11.9. The molecule has 26 heavy (non-hydrogen) atoms. The van der Waals surface area contributed by atoms with Crippen molar-refractivity contribution in [1.82, 2.24) is 24.9 Å². The Kier molecular flexibility index (Phi) is 6.18. The van der Waals surface area contributed by atoms with Crippen LogP contribution in [0.25, 0.3) is 0 Å². The Morgan fingerprint density at radius 3 is 2.69 bits per heavy atom. The maximum Gasteiger partial charge on any atom is 0.271 e. The number of para-hydroxylation sites is 1. The van der Waals surface area contributed by atoms with Crippen molar-refractivity contribution in [2.24, 2.45) is 0 Å². The summed E-state index contributed by atoms with van der Waals surface area (Å²) < 4.78 is 9.68. The summed E-state index contributed by atoms with van der Waals surface area (Å²) in [6.07, 6.45) is 5.16. The number of nitrogens with one attached hydrogen (secondary N) is 1. The third-order valence-electron chi connectivity index (χ3n) is 3.36. The Labute approximate surface area is 168 Å². The van der Waals surface area contributed by atoms with Crippen molar-refractivity contribution >= 4 is 45.0 Å². The van der Waals surface area contributed by atoms with E-state index in [2.05, 4.69) is 31.4 Å². The van der Waals surface area contributed by atoms with Crippen LogP contribution in [0.15, 0.2) is 47.3 Å². The summed E-state index contributed by atoms with van der Waals surface area (Å²) in [6, 6.07) is 6.71. The minimum atomic E-state index is -0.272. The van der Waals surface area contributed by atoms with E-state index in [4.69, 9.17) is 27.9 Å². The number of hydrogen-bond donors (Lipinski definition) is 1. The highest BCUT2D eigenvalue weighted by Crippen LogP contribution is 2.32. The van der Waals surface area contributed by atoms with Gasteiger partial charge in [0.05, 0.1) is 27.3 Å². The number of nitrogens with zero attached hydrogens (tertiary/aromatic N) is 4. The number of amides is 1. The monoisotopic (exact) mass is 457 g/mol. The van der Waals surface area contributed by atoms with Crippen LogP contribution >= 0.6 is 39.1 Å². The van der Waals surface area contributed by atoms with Gasteiger partial charge in [-0.1, -0.05) is 29.3 Å². The number of ether oxygens (including phenoxy) is 1. The molecule has 0 spiro atoms. The van der Waals surface area contributed by atoms with Gasteiger partial charge in [0, 0.05) is 18.9 Å². The molecule has 1 aromatic carbocycles. The lowest BCUT2D eigenvalue weighted by atomic mass is 10.3. The second-order valence-electron chi connectivity index (χ2n) is 5.24. The second kappa shape index (κ2) is 8.57. The summed E-state index contributed by atoms with van der Waals surface area (Å²) in [7, 11) is 0. The number of carbonyl (C=O) groups excluding carboxylic acids is 1. The quantitative estimate of drug-likeness (QED) is 0.586. The van der Waals surface area contributed by atoms with Crippen LogP contribution in [0.4, 0.5) is 0 Å². The summed E-state index contributed by atoms with van der Waals surface area (Å²) >= 11 is 15.4. The molecule has 1 amide bonds. The van der Waals surface area contributed by atoms with Gasteiger partial charge in [-0.15, -0.1) is 0 Å². The molecule has 10 heteroatoms. The molecule has 0 fully saturated rings. The molecule has 3 rings (SSSR count). The lowest BCUT2D eigenvalue weighted by molar-refractivity contribution is 0.0945. The highest BCUT2D eigenvalue weighted by Gasteiger charge is 2.11. The van der Waals surface area contributed by atoms with Gasteiger partial charge in [0.1, 0.15) is 5.69 Å². The zero-order valence-corrected chi connectivity index (χ0v) is 16.5. The summed E-state index contributed by atoms with van der Waals surface area (Å²) in [4.78, 5) is 12.1. The minimum absolute atomic E-state index is 0.0814. The molecule has 2 aromatic heterocycles. The summed E-state index contributed by atoms with van der Waals surface area (Å²) in [5.74, 6) is 0.105. The highest BCUT2D eigenvalue weighted by molar-refractivity contribution is 9.10. The number of carbonyl (C=O) groups is 1. The van der Waals surface area contributed by atoms with Crippen LogP contribution in [0.3, 0.4) is 0 Å². The van der Waals surface area contributed by atoms with E-state index in [1.54, 1.807) is 41.3 Å². The Morgan fingerprint density at radius 2 is 2.00 bits per heavy atom. The predicted octanol–water partition coefficient (Wildman–Crippen LogP) is 3.62. The SMILES string of the molecule is O=C(NCCn1cc(Br)cn1)c1ccn(COc2c(Cl)cccc2Cl)n1. The fourth-order valence-corrected chi connectivity index (χ4v) is 2.98. The first kappa shape index (κ1) is 18.8. The fraction of sp³-hybridized carbons (Fsp3) is 0.188. The molecule has 0 unspecified atom stereocenters. The van der Waals surface area contributed by atoms with Crippen LogP contribution in [0.2, 0.25) is 10.0 Å². The van der Waals surface area contributed by atoms with Crippen LogP contribution in [0.5, 0.6) is 5.75 Å². The van der Waals surface area contributed by atoms with Gasteiger partial charge < -0.3 is 10.1 Å². The van der Waals surface area contributed by atoms with Gasteiger partial charge in [0.15, 0.2) is 12.5 Å². The summed E-state index contributed by atoms with van der Waals surface area (Å²) in [5.41, 5.74) is 0.292. The molecular formula is C16H14BrCl2N5O2. The average Bonchev–Trinajstić information content (AvgIpc) is 3.23. The van der Waals surface area contributed by atoms with E-state index in [0.717, 1.165) is 4.47 Å². The zero-order chi connectivity index (χ0) is 18.5. The van der Waals surface area contributed by atoms with Crippen molar-refractivity contribution < 1.29 is 9.53 Å². The third kappa shape index (κ3) is 4.78. The Hall–Kier alpha value is -2.03. The first-order valence-electron chi connectivity index (χ1n) is 7.59. The molecule has 0 bridgehead atoms. The first-order valence-corrected chi connectivity index (χ1v) is 9.14. The number of rotatable bonds is 7. The molecule has 1 N–H and O–H groups in total. The average molecular weight is 459 g/mol. The van der Waals surface area contributed by atoms with Crippen molar-refractivity contribution in [3.05, 3.63) is 63.1 Å². The molecule has 0 saturated carbocycles. The fourth-order valence-electron chi connectivity index (χ4n) is 2.14.